The van der Waals surface area contributed by atoms with Gasteiger partial charge in [0.25, 0.3) is 5.91 Å². The first-order valence-electron chi connectivity index (χ1n) is 7.56. The van der Waals surface area contributed by atoms with Crippen LogP contribution in [0.25, 0.3) is 0 Å². The summed E-state index contributed by atoms with van der Waals surface area (Å²) in [6.45, 7) is 0.999. The Balaban J connectivity index is 1.68. The van der Waals surface area contributed by atoms with E-state index in [1.54, 1.807) is 22.8 Å². The fourth-order valence-electron chi connectivity index (χ4n) is 2.39. The van der Waals surface area contributed by atoms with E-state index < -0.39 is 0 Å². The van der Waals surface area contributed by atoms with Crippen molar-refractivity contribution in [1.29, 1.82) is 0 Å². The van der Waals surface area contributed by atoms with Gasteiger partial charge in [-0.1, -0.05) is 65.3 Å². The van der Waals surface area contributed by atoms with Gasteiger partial charge in [-0.15, -0.1) is 5.10 Å². The summed E-state index contributed by atoms with van der Waals surface area (Å²) >= 11 is 6.14. The lowest BCUT2D eigenvalue weighted by Gasteiger charge is -2.16. The SMILES string of the molecule is CN(Cc1ccccc1Cl)C(=O)c1cn(Cc2ccccc2)nn1. The van der Waals surface area contributed by atoms with Crippen LogP contribution in [-0.4, -0.2) is 32.8 Å². The summed E-state index contributed by atoms with van der Waals surface area (Å²) in [6.07, 6.45) is 1.67. The van der Waals surface area contributed by atoms with E-state index in [1.807, 2.05) is 54.6 Å². The first kappa shape index (κ1) is 16.2. The van der Waals surface area contributed by atoms with Crippen LogP contribution in [0.4, 0.5) is 0 Å². The zero-order valence-electron chi connectivity index (χ0n) is 13.3. The number of aromatic nitrogens is 3. The van der Waals surface area contributed by atoms with Gasteiger partial charge in [0.15, 0.2) is 5.69 Å². The highest BCUT2D eigenvalue weighted by atomic mass is 35.5. The quantitative estimate of drug-likeness (QED) is 0.716. The molecule has 0 aliphatic carbocycles. The van der Waals surface area contributed by atoms with E-state index in [4.69, 9.17) is 11.6 Å². The van der Waals surface area contributed by atoms with Crippen LogP contribution >= 0.6 is 11.6 Å². The predicted molar refractivity (Wildman–Crippen MR) is 92.8 cm³/mol. The van der Waals surface area contributed by atoms with Gasteiger partial charge in [0.2, 0.25) is 0 Å². The van der Waals surface area contributed by atoms with Gasteiger partial charge in [-0.25, -0.2) is 4.68 Å². The van der Waals surface area contributed by atoms with Crippen LogP contribution in [0.5, 0.6) is 0 Å². The normalized spacial score (nSPS) is 10.6. The van der Waals surface area contributed by atoms with Crippen LogP contribution < -0.4 is 0 Å². The van der Waals surface area contributed by atoms with Crippen molar-refractivity contribution in [1.82, 2.24) is 19.9 Å². The van der Waals surface area contributed by atoms with Crippen LogP contribution in [0.3, 0.4) is 0 Å². The number of carbonyl (C=O) groups is 1. The lowest BCUT2D eigenvalue weighted by molar-refractivity contribution is 0.0779. The molecular formula is C18H17ClN4O. The van der Waals surface area contributed by atoms with Crippen LogP contribution in [0.15, 0.2) is 60.8 Å². The number of hydrogen-bond donors (Lipinski definition) is 0. The van der Waals surface area contributed by atoms with Gasteiger partial charge in [-0.3, -0.25) is 4.79 Å². The molecule has 122 valence electrons. The Morgan fingerprint density at radius 1 is 1.12 bits per heavy atom. The Morgan fingerprint density at radius 2 is 1.83 bits per heavy atom. The fraction of sp³-hybridized carbons (Fsp3) is 0.167. The minimum absolute atomic E-state index is 0.186. The molecule has 0 bridgehead atoms. The smallest absolute Gasteiger partial charge is 0.276 e. The molecule has 0 aliphatic rings. The maximum Gasteiger partial charge on any atom is 0.276 e. The standard InChI is InChI=1S/C18H17ClN4O/c1-22(12-15-9-5-6-10-16(15)19)18(24)17-13-23(21-20-17)11-14-7-3-2-4-8-14/h2-10,13H,11-12H2,1H3. The molecule has 0 saturated heterocycles. The summed E-state index contributed by atoms with van der Waals surface area (Å²) in [5, 5.41) is 8.66. The number of benzene rings is 2. The molecule has 1 amide bonds. The van der Waals surface area contributed by atoms with E-state index in [2.05, 4.69) is 10.3 Å². The minimum atomic E-state index is -0.186. The molecule has 6 heteroatoms. The molecule has 24 heavy (non-hydrogen) atoms. The van der Waals surface area contributed by atoms with Crippen molar-refractivity contribution in [3.63, 3.8) is 0 Å². The van der Waals surface area contributed by atoms with Crippen molar-refractivity contribution < 1.29 is 4.79 Å². The summed E-state index contributed by atoms with van der Waals surface area (Å²) in [5.74, 6) is -0.186. The lowest BCUT2D eigenvalue weighted by Crippen LogP contribution is -2.26. The highest BCUT2D eigenvalue weighted by Gasteiger charge is 2.17. The first-order chi connectivity index (χ1) is 11.6. The van der Waals surface area contributed by atoms with Gasteiger partial charge in [0.1, 0.15) is 0 Å². The second-order valence-corrected chi connectivity index (χ2v) is 5.95. The van der Waals surface area contributed by atoms with Crippen LogP contribution in [0, 0.1) is 0 Å². The van der Waals surface area contributed by atoms with Crippen LogP contribution in [0.1, 0.15) is 21.6 Å². The summed E-state index contributed by atoms with van der Waals surface area (Å²) in [6, 6.07) is 17.4. The van der Waals surface area contributed by atoms with E-state index in [0.717, 1.165) is 11.1 Å². The average Bonchev–Trinajstić information content (AvgIpc) is 3.05. The number of nitrogens with zero attached hydrogens (tertiary/aromatic N) is 4. The molecule has 0 atom stereocenters. The topological polar surface area (TPSA) is 51.0 Å². The Labute approximate surface area is 145 Å². The van der Waals surface area contributed by atoms with Crippen molar-refractivity contribution in [3.8, 4) is 0 Å². The second-order valence-electron chi connectivity index (χ2n) is 5.54. The Hall–Kier alpha value is -2.66. The molecule has 0 saturated carbocycles. The summed E-state index contributed by atoms with van der Waals surface area (Å²) < 4.78 is 1.66. The minimum Gasteiger partial charge on any atom is -0.336 e. The Kier molecular flexibility index (Phi) is 4.91. The lowest BCUT2D eigenvalue weighted by atomic mass is 10.2. The summed E-state index contributed by atoms with van der Waals surface area (Å²) in [4.78, 5) is 14.1. The number of carbonyl (C=O) groups excluding carboxylic acids is 1. The first-order valence-corrected chi connectivity index (χ1v) is 7.94. The predicted octanol–water partition coefficient (Wildman–Crippen LogP) is 3.25. The summed E-state index contributed by atoms with van der Waals surface area (Å²) in [5.41, 5.74) is 2.32. The maximum absolute atomic E-state index is 12.5. The number of halogens is 1. The van der Waals surface area contributed by atoms with Gasteiger partial charge < -0.3 is 4.90 Å². The van der Waals surface area contributed by atoms with E-state index in [-0.39, 0.29) is 5.91 Å². The molecule has 0 unspecified atom stereocenters. The Morgan fingerprint density at radius 3 is 2.58 bits per heavy atom. The molecule has 0 aliphatic heterocycles. The molecule has 5 nitrogen and oxygen atoms in total. The van der Waals surface area contributed by atoms with E-state index >= 15 is 0 Å². The highest BCUT2D eigenvalue weighted by Crippen LogP contribution is 2.17. The van der Waals surface area contributed by atoms with Crippen molar-refractivity contribution in [3.05, 3.63) is 82.6 Å². The van der Waals surface area contributed by atoms with Gasteiger partial charge in [-0.05, 0) is 17.2 Å². The van der Waals surface area contributed by atoms with Crippen molar-refractivity contribution in [2.24, 2.45) is 0 Å². The van der Waals surface area contributed by atoms with Crippen LogP contribution in [-0.2, 0) is 13.1 Å². The summed E-state index contributed by atoms with van der Waals surface area (Å²) in [7, 11) is 1.72. The fourth-order valence-corrected chi connectivity index (χ4v) is 2.59. The largest absolute Gasteiger partial charge is 0.336 e. The third-order valence-corrected chi connectivity index (χ3v) is 4.03. The molecule has 2 aromatic carbocycles. The van der Waals surface area contributed by atoms with Gasteiger partial charge in [0, 0.05) is 18.6 Å². The molecule has 0 radical (unpaired) electrons. The molecule has 1 aromatic heterocycles. The molecule has 0 N–H and O–H groups in total. The molecule has 3 aromatic rings. The number of amides is 1. The van der Waals surface area contributed by atoms with E-state index in [1.165, 1.54) is 0 Å². The van der Waals surface area contributed by atoms with E-state index in [9.17, 15) is 4.79 Å². The number of hydrogen-bond acceptors (Lipinski definition) is 3. The van der Waals surface area contributed by atoms with Gasteiger partial charge in [-0.2, -0.15) is 0 Å². The maximum atomic E-state index is 12.5. The zero-order valence-corrected chi connectivity index (χ0v) is 14.0. The van der Waals surface area contributed by atoms with Crippen molar-refractivity contribution in [2.75, 3.05) is 7.05 Å². The third-order valence-electron chi connectivity index (χ3n) is 3.66. The van der Waals surface area contributed by atoms with E-state index in [0.29, 0.717) is 23.8 Å². The van der Waals surface area contributed by atoms with Gasteiger partial charge in [0.05, 0.1) is 12.7 Å². The molecule has 1 heterocycles. The number of rotatable bonds is 5. The monoisotopic (exact) mass is 340 g/mol. The highest BCUT2D eigenvalue weighted by molar-refractivity contribution is 6.31. The van der Waals surface area contributed by atoms with Crippen molar-refractivity contribution >= 4 is 17.5 Å². The zero-order chi connectivity index (χ0) is 16.9. The molecule has 3 rings (SSSR count). The Bertz CT molecular complexity index is 832. The molecule has 0 spiro atoms. The molecular weight excluding hydrogens is 324 g/mol. The van der Waals surface area contributed by atoms with Gasteiger partial charge >= 0.3 is 0 Å². The molecule has 0 fully saturated rings. The second kappa shape index (κ2) is 7.27. The third kappa shape index (κ3) is 3.81. The average molecular weight is 341 g/mol. The van der Waals surface area contributed by atoms with Crippen LogP contribution in [0.2, 0.25) is 5.02 Å². The van der Waals surface area contributed by atoms with Crippen molar-refractivity contribution in [2.45, 2.75) is 13.1 Å².